The van der Waals surface area contributed by atoms with Crippen molar-refractivity contribution in [3.63, 3.8) is 0 Å². The molecule has 54 heavy (non-hydrogen) atoms. The average Bonchev–Trinajstić information content (AvgIpc) is 3.83. The van der Waals surface area contributed by atoms with Crippen molar-refractivity contribution in [3.05, 3.63) is 144 Å². The molecule has 0 aromatic heterocycles. The van der Waals surface area contributed by atoms with Gasteiger partial charge in [0.2, 0.25) is 0 Å². The van der Waals surface area contributed by atoms with Crippen LogP contribution in [0.3, 0.4) is 0 Å². The summed E-state index contributed by atoms with van der Waals surface area (Å²) in [5, 5.41) is 0. The highest BCUT2D eigenvalue weighted by Crippen LogP contribution is 2.29. The van der Waals surface area contributed by atoms with Crippen LogP contribution in [0.15, 0.2) is 121 Å². The summed E-state index contributed by atoms with van der Waals surface area (Å²) in [6.45, 7) is 7.96. The minimum absolute atomic E-state index is 0.213. The molecule has 4 aromatic carbocycles. The van der Waals surface area contributed by atoms with Gasteiger partial charge in [-0.1, -0.05) is 121 Å². The molecule has 10 heteroatoms. The van der Waals surface area contributed by atoms with E-state index >= 15 is 0 Å². The van der Waals surface area contributed by atoms with Crippen LogP contribution >= 0.6 is 0 Å². The third-order valence-electron chi connectivity index (χ3n) is 9.52. The van der Waals surface area contributed by atoms with Crippen LogP contribution in [0, 0.1) is 23.7 Å². The molecule has 2 heterocycles. The minimum atomic E-state index is -0.503. The molecule has 4 aromatic rings. The second-order valence-corrected chi connectivity index (χ2v) is 13.5. The zero-order chi connectivity index (χ0) is 38.1. The van der Waals surface area contributed by atoms with Gasteiger partial charge in [-0.05, 0) is 36.1 Å². The van der Waals surface area contributed by atoms with Gasteiger partial charge in [0.15, 0.2) is 0 Å². The molecule has 0 N–H and O–H groups in total. The van der Waals surface area contributed by atoms with E-state index in [1.807, 2.05) is 121 Å². The number of hydrogen-bond acceptors (Lipinski definition) is 10. The molecule has 2 aliphatic heterocycles. The summed E-state index contributed by atoms with van der Waals surface area (Å²) in [6.07, 6.45) is 0. The van der Waals surface area contributed by atoms with Crippen molar-refractivity contribution < 1.29 is 38.1 Å². The average molecular weight is 735 g/mol. The molecule has 0 saturated carbocycles. The Morgan fingerprint density at radius 3 is 0.963 bits per heavy atom. The zero-order valence-corrected chi connectivity index (χ0v) is 31.1. The van der Waals surface area contributed by atoms with Crippen molar-refractivity contribution in [1.29, 1.82) is 0 Å². The number of carbonyl (C=O) groups excluding carboxylic acids is 4. The van der Waals surface area contributed by atoms with Crippen molar-refractivity contribution in [2.75, 3.05) is 39.4 Å². The van der Waals surface area contributed by atoms with Crippen LogP contribution < -0.4 is 0 Å². The fraction of sp³-hybridized carbons (Fsp3) is 0.364. The van der Waals surface area contributed by atoms with Gasteiger partial charge in [0.25, 0.3) is 0 Å². The van der Waals surface area contributed by atoms with Gasteiger partial charge in [0.1, 0.15) is 13.2 Å². The fourth-order valence-corrected chi connectivity index (χ4v) is 6.84. The predicted molar refractivity (Wildman–Crippen MR) is 203 cm³/mol. The van der Waals surface area contributed by atoms with Crippen LogP contribution in [0.1, 0.15) is 36.1 Å². The van der Waals surface area contributed by atoms with Gasteiger partial charge >= 0.3 is 23.9 Å². The molecule has 4 atom stereocenters. The normalized spacial score (nSPS) is 19.6. The third kappa shape index (κ3) is 11.8. The highest BCUT2D eigenvalue weighted by molar-refractivity contribution is 5.84. The molecular formula is C44H50N2O8. The number of carbonyl (C=O) groups is 4. The maximum Gasteiger partial charge on any atom is 0.311 e. The van der Waals surface area contributed by atoms with E-state index in [0.29, 0.717) is 52.5 Å². The van der Waals surface area contributed by atoms with E-state index in [-0.39, 0.29) is 37.1 Å². The maximum atomic E-state index is 12.7. The molecule has 2 aliphatic rings. The summed E-state index contributed by atoms with van der Waals surface area (Å²) < 4.78 is 21.4. The molecular weight excluding hydrogens is 684 g/mol. The maximum absolute atomic E-state index is 12.7. The van der Waals surface area contributed by atoms with Gasteiger partial charge in [-0.25, -0.2) is 0 Å². The summed E-state index contributed by atoms with van der Waals surface area (Å²) in [4.78, 5) is 54.3. The Hall–Kier alpha value is -5.32. The quantitative estimate of drug-likeness (QED) is 0.112. The molecule has 284 valence electrons. The molecule has 10 nitrogen and oxygen atoms in total. The lowest BCUT2D eigenvalue weighted by molar-refractivity contribution is -0.159. The number of likely N-dealkylation sites (tertiary alicyclic amines) is 2. The number of hydrogen-bond donors (Lipinski definition) is 0. The summed E-state index contributed by atoms with van der Waals surface area (Å²) >= 11 is 0. The second-order valence-electron chi connectivity index (χ2n) is 13.5. The smallest absolute Gasteiger partial charge is 0.311 e. The Kier molecular flexibility index (Phi) is 15.4. The van der Waals surface area contributed by atoms with Crippen LogP contribution in [0.2, 0.25) is 0 Å². The summed E-state index contributed by atoms with van der Waals surface area (Å²) in [6, 6.07) is 39.1. The Balaban J connectivity index is 0.000000208. The highest BCUT2D eigenvalue weighted by Gasteiger charge is 2.44. The predicted octanol–water partition coefficient (Wildman–Crippen LogP) is 6.08. The van der Waals surface area contributed by atoms with E-state index in [0.717, 1.165) is 22.3 Å². The molecule has 0 amide bonds. The standard InChI is InChI=1S/2C22H25NO4/c2*1-2-26-21(24)19-14-23(13-17-9-5-3-6-10-17)15-20(19)22(25)27-16-18-11-7-4-8-12-18/h2*3-12,19-20H,2,13-16H2,1H3/t2*19-,20-/m10/s1. The largest absolute Gasteiger partial charge is 0.466 e. The molecule has 0 spiro atoms. The Morgan fingerprint density at radius 2 is 0.685 bits per heavy atom. The fourth-order valence-electron chi connectivity index (χ4n) is 6.84. The van der Waals surface area contributed by atoms with Crippen LogP contribution in [0.5, 0.6) is 0 Å². The Bertz CT molecular complexity index is 1630. The van der Waals surface area contributed by atoms with Gasteiger partial charge in [-0.15, -0.1) is 0 Å². The number of benzene rings is 4. The van der Waals surface area contributed by atoms with E-state index in [4.69, 9.17) is 18.9 Å². The number of rotatable bonds is 14. The summed E-state index contributed by atoms with van der Waals surface area (Å²) in [5.41, 5.74) is 4.16. The van der Waals surface area contributed by atoms with E-state index in [2.05, 4.69) is 9.80 Å². The lowest BCUT2D eigenvalue weighted by Gasteiger charge is -2.16. The SMILES string of the molecule is CCOC(=O)[C@@H]1CN(Cc2ccccc2)C[C@H]1C(=O)OCc1ccccc1.CCOC(=O)[C@H]1CN(Cc2ccccc2)C[C@@H]1C(=O)OCc1ccccc1. The molecule has 2 fully saturated rings. The van der Waals surface area contributed by atoms with Gasteiger partial charge in [-0.3, -0.25) is 29.0 Å². The zero-order valence-electron chi connectivity index (χ0n) is 31.1. The molecule has 2 saturated heterocycles. The number of ether oxygens (including phenoxy) is 4. The first-order chi connectivity index (χ1) is 26.3. The van der Waals surface area contributed by atoms with E-state index in [1.54, 1.807) is 13.8 Å². The van der Waals surface area contributed by atoms with Crippen molar-refractivity contribution in [1.82, 2.24) is 9.80 Å². The monoisotopic (exact) mass is 734 g/mol. The topological polar surface area (TPSA) is 112 Å². The third-order valence-corrected chi connectivity index (χ3v) is 9.52. The van der Waals surface area contributed by atoms with E-state index in [1.165, 1.54) is 0 Å². The molecule has 0 radical (unpaired) electrons. The minimum Gasteiger partial charge on any atom is -0.466 e. The summed E-state index contributed by atoms with van der Waals surface area (Å²) in [7, 11) is 0. The first kappa shape index (κ1) is 39.9. The lowest BCUT2D eigenvalue weighted by atomic mass is 9.96. The Labute approximate surface area is 318 Å². The first-order valence-corrected chi connectivity index (χ1v) is 18.6. The Morgan fingerprint density at radius 1 is 0.426 bits per heavy atom. The highest BCUT2D eigenvalue weighted by atomic mass is 16.5. The van der Waals surface area contributed by atoms with Crippen LogP contribution in [-0.4, -0.2) is 73.1 Å². The van der Waals surface area contributed by atoms with E-state index < -0.39 is 23.7 Å². The van der Waals surface area contributed by atoms with Crippen molar-refractivity contribution in [2.45, 2.75) is 40.2 Å². The van der Waals surface area contributed by atoms with Crippen molar-refractivity contribution >= 4 is 23.9 Å². The van der Waals surface area contributed by atoms with Gasteiger partial charge < -0.3 is 18.9 Å². The molecule has 0 aliphatic carbocycles. The van der Waals surface area contributed by atoms with Crippen molar-refractivity contribution in [2.24, 2.45) is 23.7 Å². The van der Waals surface area contributed by atoms with Crippen molar-refractivity contribution in [3.8, 4) is 0 Å². The first-order valence-electron chi connectivity index (χ1n) is 18.6. The van der Waals surface area contributed by atoms with Gasteiger partial charge in [0, 0.05) is 39.3 Å². The van der Waals surface area contributed by atoms with Crippen LogP contribution in [-0.2, 0) is 64.4 Å². The lowest BCUT2D eigenvalue weighted by Crippen LogP contribution is -2.31. The van der Waals surface area contributed by atoms with E-state index in [9.17, 15) is 19.2 Å². The van der Waals surface area contributed by atoms with Crippen LogP contribution in [0.25, 0.3) is 0 Å². The van der Waals surface area contributed by atoms with Gasteiger partial charge in [-0.2, -0.15) is 0 Å². The number of nitrogens with zero attached hydrogens (tertiary/aromatic N) is 2. The number of esters is 4. The second kappa shape index (κ2) is 20.8. The van der Waals surface area contributed by atoms with Crippen LogP contribution in [0.4, 0.5) is 0 Å². The summed E-state index contributed by atoms with van der Waals surface area (Å²) in [5.74, 6) is -3.31. The molecule has 0 unspecified atom stereocenters. The van der Waals surface area contributed by atoms with Gasteiger partial charge in [0.05, 0.1) is 36.9 Å². The molecule has 0 bridgehead atoms. The molecule has 6 rings (SSSR count).